The zero-order valence-corrected chi connectivity index (χ0v) is 14.4. The van der Waals surface area contributed by atoms with Gasteiger partial charge in [-0.1, -0.05) is 0 Å². The number of sulfonamides is 1. The molecule has 1 aromatic carbocycles. The molecule has 1 saturated heterocycles. The number of aromatic nitrogens is 1. The normalized spacial score (nSPS) is 18.2. The maximum absolute atomic E-state index is 13.6. The van der Waals surface area contributed by atoms with Crippen molar-refractivity contribution in [2.75, 3.05) is 18.0 Å². The number of benzene rings is 1. The molecule has 5 nitrogen and oxygen atoms in total. The standard InChI is InChI=1S/C15H17F2N3O2S2/c16-12-3-4-14(17)11(8-12)10-24(21,22)19-9-13-2-1-6-20(13)15-18-5-7-23-15/h3-5,7-8,13,19H,1-2,6,9-10H2/t13-/m1/s1. The van der Waals surface area contributed by atoms with E-state index in [1.807, 2.05) is 5.38 Å². The molecule has 1 aliphatic heterocycles. The number of nitrogens with zero attached hydrogens (tertiary/aromatic N) is 2. The molecule has 130 valence electrons. The molecule has 0 bridgehead atoms. The maximum Gasteiger partial charge on any atom is 0.215 e. The Morgan fingerprint density at radius 3 is 2.96 bits per heavy atom. The van der Waals surface area contributed by atoms with Crippen LogP contribution in [0, 0.1) is 11.6 Å². The Kier molecular flexibility index (Phi) is 5.12. The molecule has 1 fully saturated rings. The van der Waals surface area contributed by atoms with Gasteiger partial charge in [0.15, 0.2) is 5.13 Å². The van der Waals surface area contributed by atoms with Gasteiger partial charge in [-0.05, 0) is 31.0 Å². The van der Waals surface area contributed by atoms with Gasteiger partial charge in [-0.15, -0.1) is 11.3 Å². The molecule has 0 saturated carbocycles. The van der Waals surface area contributed by atoms with Gasteiger partial charge in [-0.3, -0.25) is 0 Å². The monoisotopic (exact) mass is 373 g/mol. The molecule has 0 spiro atoms. The number of rotatable bonds is 6. The highest BCUT2D eigenvalue weighted by atomic mass is 32.2. The van der Waals surface area contributed by atoms with Crippen molar-refractivity contribution in [3.05, 3.63) is 47.0 Å². The third-order valence-corrected chi connectivity index (χ3v) is 6.04. The smallest absolute Gasteiger partial charge is 0.215 e. The summed E-state index contributed by atoms with van der Waals surface area (Å²) in [4.78, 5) is 6.34. The van der Waals surface area contributed by atoms with Crippen LogP contribution in [0.4, 0.5) is 13.9 Å². The van der Waals surface area contributed by atoms with Crippen molar-refractivity contribution in [3.8, 4) is 0 Å². The van der Waals surface area contributed by atoms with Crippen LogP contribution in [0.2, 0.25) is 0 Å². The first kappa shape index (κ1) is 17.2. The Balaban J connectivity index is 1.63. The molecule has 1 atom stereocenters. The highest BCUT2D eigenvalue weighted by Crippen LogP contribution is 2.27. The number of nitrogens with one attached hydrogen (secondary N) is 1. The van der Waals surface area contributed by atoms with E-state index >= 15 is 0 Å². The van der Waals surface area contributed by atoms with Crippen molar-refractivity contribution in [2.45, 2.75) is 24.6 Å². The third kappa shape index (κ3) is 4.08. The average molecular weight is 373 g/mol. The minimum atomic E-state index is -3.75. The van der Waals surface area contributed by atoms with E-state index in [2.05, 4.69) is 14.6 Å². The summed E-state index contributed by atoms with van der Waals surface area (Å²) in [5.41, 5.74) is -0.175. The lowest BCUT2D eigenvalue weighted by atomic mass is 10.2. The summed E-state index contributed by atoms with van der Waals surface area (Å²) < 4.78 is 53.7. The summed E-state index contributed by atoms with van der Waals surface area (Å²) >= 11 is 1.51. The molecule has 24 heavy (non-hydrogen) atoms. The second kappa shape index (κ2) is 7.12. The molecular formula is C15H17F2N3O2S2. The van der Waals surface area contributed by atoms with E-state index in [9.17, 15) is 17.2 Å². The van der Waals surface area contributed by atoms with Crippen LogP contribution in [0.1, 0.15) is 18.4 Å². The van der Waals surface area contributed by atoms with Gasteiger partial charge >= 0.3 is 0 Å². The molecule has 2 heterocycles. The predicted octanol–water partition coefficient (Wildman–Crippen LogP) is 2.51. The van der Waals surface area contributed by atoms with Crippen molar-refractivity contribution < 1.29 is 17.2 Å². The largest absolute Gasteiger partial charge is 0.344 e. The Bertz CT molecular complexity index is 797. The summed E-state index contributed by atoms with van der Waals surface area (Å²) in [6, 6.07) is 2.82. The lowest BCUT2D eigenvalue weighted by Gasteiger charge is -2.24. The summed E-state index contributed by atoms with van der Waals surface area (Å²) in [6.45, 7) is 1.05. The fourth-order valence-corrected chi connectivity index (χ4v) is 4.71. The summed E-state index contributed by atoms with van der Waals surface area (Å²) in [7, 11) is -3.75. The van der Waals surface area contributed by atoms with E-state index in [1.165, 1.54) is 11.3 Å². The molecule has 0 unspecified atom stereocenters. The van der Waals surface area contributed by atoms with Crippen molar-refractivity contribution >= 4 is 26.5 Å². The highest BCUT2D eigenvalue weighted by Gasteiger charge is 2.27. The van der Waals surface area contributed by atoms with Gasteiger partial charge in [0, 0.05) is 36.3 Å². The van der Waals surface area contributed by atoms with Gasteiger partial charge in [0.05, 0.1) is 5.75 Å². The number of halogens is 2. The van der Waals surface area contributed by atoms with E-state index in [-0.39, 0.29) is 18.2 Å². The Hall–Kier alpha value is -1.58. The van der Waals surface area contributed by atoms with Crippen LogP contribution < -0.4 is 9.62 Å². The number of hydrogen-bond donors (Lipinski definition) is 1. The average Bonchev–Trinajstić information content (AvgIpc) is 3.19. The fourth-order valence-electron chi connectivity index (χ4n) is 2.79. The van der Waals surface area contributed by atoms with Gasteiger partial charge < -0.3 is 4.90 Å². The Labute approximate surface area is 143 Å². The molecule has 9 heteroatoms. The van der Waals surface area contributed by atoms with Gasteiger partial charge in [-0.2, -0.15) is 0 Å². The van der Waals surface area contributed by atoms with E-state index in [0.29, 0.717) is 0 Å². The lowest BCUT2D eigenvalue weighted by molar-refractivity contribution is 0.559. The van der Waals surface area contributed by atoms with E-state index in [0.717, 1.165) is 42.7 Å². The maximum atomic E-state index is 13.6. The zero-order chi connectivity index (χ0) is 17.2. The minimum absolute atomic E-state index is 0.0169. The summed E-state index contributed by atoms with van der Waals surface area (Å²) in [6.07, 6.45) is 3.53. The van der Waals surface area contributed by atoms with Crippen molar-refractivity contribution in [1.29, 1.82) is 0 Å². The minimum Gasteiger partial charge on any atom is -0.344 e. The number of thiazole rings is 1. The summed E-state index contributed by atoms with van der Waals surface area (Å²) in [5.74, 6) is -1.97. The van der Waals surface area contributed by atoms with Crippen molar-refractivity contribution in [1.82, 2.24) is 9.71 Å². The van der Waals surface area contributed by atoms with Crippen molar-refractivity contribution in [2.24, 2.45) is 0 Å². The fraction of sp³-hybridized carbons (Fsp3) is 0.400. The van der Waals surface area contributed by atoms with Crippen LogP contribution in [-0.4, -0.2) is 32.5 Å². The third-order valence-electron chi connectivity index (χ3n) is 3.93. The Morgan fingerprint density at radius 1 is 1.38 bits per heavy atom. The predicted molar refractivity (Wildman–Crippen MR) is 89.5 cm³/mol. The highest BCUT2D eigenvalue weighted by molar-refractivity contribution is 7.88. The van der Waals surface area contributed by atoms with Gasteiger partial charge in [0.25, 0.3) is 0 Å². The van der Waals surface area contributed by atoms with Crippen LogP contribution in [-0.2, 0) is 15.8 Å². The quantitative estimate of drug-likeness (QED) is 0.845. The molecule has 0 radical (unpaired) electrons. The topological polar surface area (TPSA) is 62.3 Å². The molecule has 1 N–H and O–H groups in total. The van der Waals surface area contributed by atoms with Gasteiger partial charge in [0.1, 0.15) is 11.6 Å². The lowest BCUT2D eigenvalue weighted by Crippen LogP contribution is -2.40. The molecule has 0 amide bonds. The molecular weight excluding hydrogens is 356 g/mol. The Morgan fingerprint density at radius 2 is 2.21 bits per heavy atom. The van der Waals surface area contributed by atoms with Crippen LogP contribution in [0.5, 0.6) is 0 Å². The molecule has 3 rings (SSSR count). The second-order valence-electron chi connectivity index (χ2n) is 5.65. The van der Waals surface area contributed by atoms with Gasteiger partial charge in [0.2, 0.25) is 10.0 Å². The first-order valence-corrected chi connectivity index (χ1v) is 10.1. The van der Waals surface area contributed by atoms with Crippen LogP contribution in [0.15, 0.2) is 29.8 Å². The van der Waals surface area contributed by atoms with Gasteiger partial charge in [-0.25, -0.2) is 26.9 Å². The SMILES string of the molecule is O=S(=O)(Cc1cc(F)ccc1F)NC[C@H]1CCCN1c1nccs1. The van der Waals surface area contributed by atoms with Crippen molar-refractivity contribution in [3.63, 3.8) is 0 Å². The number of anilines is 1. The van der Waals surface area contributed by atoms with Crippen LogP contribution >= 0.6 is 11.3 Å². The molecule has 0 aliphatic carbocycles. The summed E-state index contributed by atoms with van der Waals surface area (Å²) in [5, 5.41) is 2.74. The molecule has 1 aliphatic rings. The number of hydrogen-bond acceptors (Lipinski definition) is 5. The molecule has 1 aromatic heterocycles. The van der Waals surface area contributed by atoms with Crippen LogP contribution in [0.3, 0.4) is 0 Å². The first-order valence-electron chi connectivity index (χ1n) is 7.52. The zero-order valence-electron chi connectivity index (χ0n) is 12.8. The van der Waals surface area contributed by atoms with E-state index in [1.54, 1.807) is 6.20 Å². The first-order chi connectivity index (χ1) is 11.4. The second-order valence-corrected chi connectivity index (χ2v) is 8.33. The van der Waals surface area contributed by atoms with E-state index in [4.69, 9.17) is 0 Å². The van der Waals surface area contributed by atoms with Crippen LogP contribution in [0.25, 0.3) is 0 Å². The molecule has 2 aromatic rings. The van der Waals surface area contributed by atoms with E-state index < -0.39 is 27.4 Å².